The Balaban J connectivity index is 3.61. The molecular formula is C8H16O5S. The largest absolute Gasteiger partial charge is 0.463 e. The summed E-state index contributed by atoms with van der Waals surface area (Å²) in [6.07, 6.45) is 1.65. The predicted octanol–water partition coefficient (Wildman–Crippen LogP) is 0.552. The van der Waals surface area contributed by atoms with Crippen molar-refractivity contribution in [3.05, 3.63) is 0 Å². The Labute approximate surface area is 84.5 Å². The Morgan fingerprint density at radius 1 is 1.36 bits per heavy atom. The maximum atomic E-state index is 11.1. The van der Waals surface area contributed by atoms with Gasteiger partial charge in [-0.1, -0.05) is 13.8 Å². The molecule has 0 heterocycles. The molecule has 1 atom stereocenters. The standard InChI is InChI=1S/C8H16O5S/c1-4-7(2)8(9)12-5-6-13-14(3,10)11/h7H,4-6H2,1-3H3. The molecule has 14 heavy (non-hydrogen) atoms. The summed E-state index contributed by atoms with van der Waals surface area (Å²) in [7, 11) is -3.44. The monoisotopic (exact) mass is 224 g/mol. The number of hydrogen-bond donors (Lipinski definition) is 0. The van der Waals surface area contributed by atoms with Crippen molar-refractivity contribution in [3.8, 4) is 0 Å². The minimum Gasteiger partial charge on any atom is -0.463 e. The number of rotatable bonds is 6. The van der Waals surface area contributed by atoms with Gasteiger partial charge in [-0.15, -0.1) is 0 Å². The van der Waals surface area contributed by atoms with Crippen molar-refractivity contribution >= 4 is 16.1 Å². The van der Waals surface area contributed by atoms with Gasteiger partial charge in [0.1, 0.15) is 13.2 Å². The maximum absolute atomic E-state index is 11.1. The van der Waals surface area contributed by atoms with E-state index in [9.17, 15) is 13.2 Å². The van der Waals surface area contributed by atoms with Crippen molar-refractivity contribution in [3.63, 3.8) is 0 Å². The van der Waals surface area contributed by atoms with E-state index in [2.05, 4.69) is 4.18 Å². The lowest BCUT2D eigenvalue weighted by atomic mass is 10.1. The molecule has 0 spiro atoms. The first kappa shape index (κ1) is 13.4. The average Bonchev–Trinajstić information content (AvgIpc) is 2.09. The number of esters is 1. The van der Waals surface area contributed by atoms with E-state index in [1.54, 1.807) is 6.92 Å². The molecule has 0 aromatic heterocycles. The summed E-state index contributed by atoms with van der Waals surface area (Å²) in [5, 5.41) is 0. The van der Waals surface area contributed by atoms with Crippen LogP contribution in [0, 0.1) is 5.92 Å². The van der Waals surface area contributed by atoms with Crippen LogP contribution < -0.4 is 0 Å². The van der Waals surface area contributed by atoms with Gasteiger partial charge in [0.2, 0.25) is 0 Å². The Hall–Kier alpha value is -0.620. The van der Waals surface area contributed by atoms with Gasteiger partial charge in [-0.25, -0.2) is 0 Å². The molecular weight excluding hydrogens is 208 g/mol. The Morgan fingerprint density at radius 2 is 1.93 bits per heavy atom. The summed E-state index contributed by atoms with van der Waals surface area (Å²) < 4.78 is 30.2. The summed E-state index contributed by atoms with van der Waals surface area (Å²) >= 11 is 0. The minimum absolute atomic E-state index is 0.0315. The van der Waals surface area contributed by atoms with Crippen LogP contribution in [-0.2, 0) is 23.8 Å². The highest BCUT2D eigenvalue weighted by atomic mass is 32.2. The quantitative estimate of drug-likeness (QED) is 0.374. The van der Waals surface area contributed by atoms with Crippen molar-refractivity contribution in [2.24, 2.45) is 5.92 Å². The van der Waals surface area contributed by atoms with Crippen LogP contribution >= 0.6 is 0 Å². The van der Waals surface area contributed by atoms with Crippen LogP contribution in [0.3, 0.4) is 0 Å². The van der Waals surface area contributed by atoms with Crippen LogP contribution in [0.1, 0.15) is 20.3 Å². The third-order valence-electron chi connectivity index (χ3n) is 1.64. The zero-order valence-electron chi connectivity index (χ0n) is 8.65. The predicted molar refractivity (Wildman–Crippen MR) is 51.2 cm³/mol. The normalized spacial score (nSPS) is 13.6. The Morgan fingerprint density at radius 3 is 2.36 bits per heavy atom. The van der Waals surface area contributed by atoms with Gasteiger partial charge >= 0.3 is 5.97 Å². The maximum Gasteiger partial charge on any atom is 0.308 e. The van der Waals surface area contributed by atoms with Crippen LogP contribution in [0.15, 0.2) is 0 Å². The number of carbonyl (C=O) groups is 1. The molecule has 0 rings (SSSR count). The van der Waals surface area contributed by atoms with Gasteiger partial charge in [0.15, 0.2) is 0 Å². The molecule has 0 saturated heterocycles. The second-order valence-electron chi connectivity index (χ2n) is 3.00. The number of hydrogen-bond acceptors (Lipinski definition) is 5. The fraction of sp³-hybridized carbons (Fsp3) is 0.875. The topological polar surface area (TPSA) is 69.7 Å². The SMILES string of the molecule is CCC(C)C(=O)OCCOS(C)(=O)=O. The Bertz CT molecular complexity index is 269. The highest BCUT2D eigenvalue weighted by Crippen LogP contribution is 2.02. The molecule has 0 bridgehead atoms. The molecule has 0 fully saturated rings. The molecule has 5 nitrogen and oxygen atoms in total. The van der Waals surface area contributed by atoms with E-state index in [0.29, 0.717) is 6.42 Å². The second kappa shape index (κ2) is 5.98. The molecule has 1 unspecified atom stereocenters. The van der Waals surface area contributed by atoms with Gasteiger partial charge < -0.3 is 4.74 Å². The average molecular weight is 224 g/mol. The second-order valence-corrected chi connectivity index (χ2v) is 4.65. The van der Waals surface area contributed by atoms with Gasteiger partial charge in [-0.3, -0.25) is 8.98 Å². The summed E-state index contributed by atoms with van der Waals surface area (Å²) in [6, 6.07) is 0. The molecule has 0 aliphatic rings. The fourth-order valence-electron chi connectivity index (χ4n) is 0.637. The van der Waals surface area contributed by atoms with Crippen molar-refractivity contribution in [2.45, 2.75) is 20.3 Å². The lowest BCUT2D eigenvalue weighted by Crippen LogP contribution is -2.18. The van der Waals surface area contributed by atoms with E-state index in [1.807, 2.05) is 6.92 Å². The van der Waals surface area contributed by atoms with Crippen molar-refractivity contribution in [1.29, 1.82) is 0 Å². The van der Waals surface area contributed by atoms with Crippen molar-refractivity contribution in [2.75, 3.05) is 19.5 Å². The smallest absolute Gasteiger partial charge is 0.308 e. The lowest BCUT2D eigenvalue weighted by molar-refractivity contribution is -0.148. The van der Waals surface area contributed by atoms with Crippen LogP contribution in [0.4, 0.5) is 0 Å². The highest BCUT2D eigenvalue weighted by molar-refractivity contribution is 7.85. The molecule has 0 aliphatic heterocycles. The van der Waals surface area contributed by atoms with Crippen LogP contribution in [-0.4, -0.2) is 33.9 Å². The highest BCUT2D eigenvalue weighted by Gasteiger charge is 2.11. The van der Waals surface area contributed by atoms with Gasteiger partial charge in [-0.2, -0.15) is 8.42 Å². The van der Waals surface area contributed by atoms with Crippen LogP contribution in [0.5, 0.6) is 0 Å². The van der Waals surface area contributed by atoms with Crippen LogP contribution in [0.2, 0.25) is 0 Å². The van der Waals surface area contributed by atoms with Crippen molar-refractivity contribution in [1.82, 2.24) is 0 Å². The number of carbonyl (C=O) groups excluding carboxylic acids is 1. The van der Waals surface area contributed by atoms with Crippen LogP contribution in [0.25, 0.3) is 0 Å². The summed E-state index contributed by atoms with van der Waals surface area (Å²) in [5.41, 5.74) is 0. The van der Waals surface area contributed by atoms with Crippen molar-refractivity contribution < 1.29 is 22.1 Å². The molecule has 0 radical (unpaired) electrons. The molecule has 0 aliphatic carbocycles. The summed E-state index contributed by atoms with van der Waals surface area (Å²) in [6.45, 7) is 3.47. The van der Waals surface area contributed by atoms with Gasteiger partial charge in [-0.05, 0) is 6.42 Å². The molecule has 0 saturated carbocycles. The number of ether oxygens (including phenoxy) is 1. The third kappa shape index (κ3) is 6.85. The molecule has 84 valence electrons. The van der Waals surface area contributed by atoms with Gasteiger partial charge in [0, 0.05) is 0 Å². The zero-order valence-corrected chi connectivity index (χ0v) is 9.46. The summed E-state index contributed by atoms with van der Waals surface area (Å²) in [4.78, 5) is 11.1. The molecule has 0 aromatic rings. The molecule has 0 amide bonds. The third-order valence-corrected chi connectivity index (χ3v) is 2.23. The Kier molecular flexibility index (Phi) is 5.71. The van der Waals surface area contributed by atoms with E-state index in [-0.39, 0.29) is 25.1 Å². The molecule has 0 aromatic carbocycles. The molecule has 0 N–H and O–H groups in total. The van der Waals surface area contributed by atoms with E-state index < -0.39 is 10.1 Å². The van der Waals surface area contributed by atoms with E-state index in [1.165, 1.54) is 0 Å². The lowest BCUT2D eigenvalue weighted by Gasteiger charge is -2.08. The molecule has 6 heteroatoms. The van der Waals surface area contributed by atoms with Gasteiger partial charge in [0.05, 0.1) is 12.2 Å². The summed E-state index contributed by atoms with van der Waals surface area (Å²) in [5.74, 6) is -0.488. The van der Waals surface area contributed by atoms with Gasteiger partial charge in [0.25, 0.3) is 10.1 Å². The zero-order chi connectivity index (χ0) is 11.2. The van der Waals surface area contributed by atoms with E-state index in [0.717, 1.165) is 6.26 Å². The first-order valence-corrected chi connectivity index (χ1v) is 6.19. The first-order valence-electron chi connectivity index (χ1n) is 4.38. The van der Waals surface area contributed by atoms with E-state index >= 15 is 0 Å². The minimum atomic E-state index is -3.44. The first-order chi connectivity index (χ1) is 6.37. The van der Waals surface area contributed by atoms with E-state index in [4.69, 9.17) is 4.74 Å². The fourth-order valence-corrected chi connectivity index (χ4v) is 1.01.